The molecule has 0 unspecified atom stereocenters. The molecule has 4 nitrogen and oxygen atoms in total. The fourth-order valence-corrected chi connectivity index (χ4v) is 3.61. The quantitative estimate of drug-likeness (QED) is 0.654. The van der Waals surface area contributed by atoms with Crippen LogP contribution in [0.4, 0.5) is 4.39 Å². The fourth-order valence-electron chi connectivity index (χ4n) is 3.61. The van der Waals surface area contributed by atoms with E-state index in [0.29, 0.717) is 26.2 Å². The Morgan fingerprint density at radius 3 is 2.79 bits per heavy atom. The topological polar surface area (TPSA) is 34.6 Å². The summed E-state index contributed by atoms with van der Waals surface area (Å²) in [7, 11) is 0. The van der Waals surface area contributed by atoms with Gasteiger partial charge in [0.15, 0.2) is 0 Å². The van der Waals surface area contributed by atoms with E-state index in [2.05, 4.69) is 40.2 Å². The van der Waals surface area contributed by atoms with E-state index in [1.807, 2.05) is 12.3 Å². The third-order valence-corrected chi connectivity index (χ3v) is 4.98. The first-order valence-electron chi connectivity index (χ1n) is 9.94. The number of rotatable bonds is 2. The van der Waals surface area contributed by atoms with Gasteiger partial charge in [0, 0.05) is 44.0 Å². The molecule has 2 aromatic carbocycles. The molecule has 5 heteroatoms. The molecule has 4 rings (SSSR count). The van der Waals surface area contributed by atoms with Crippen LogP contribution in [0.3, 0.4) is 0 Å². The lowest BCUT2D eigenvalue weighted by Gasteiger charge is -2.23. The maximum Gasteiger partial charge on any atom is 0.123 e. The average molecular weight is 392 g/mol. The fraction of sp³-hybridized carbons (Fsp3) is 0.292. The van der Waals surface area contributed by atoms with Crippen molar-refractivity contribution in [3.63, 3.8) is 0 Å². The molecule has 0 saturated heterocycles. The molecule has 0 fully saturated rings. The highest BCUT2D eigenvalue weighted by atomic mass is 19.1. The van der Waals surface area contributed by atoms with Gasteiger partial charge in [0.05, 0.1) is 13.2 Å². The largest absolute Gasteiger partial charge is 0.491 e. The van der Waals surface area contributed by atoms with Crippen LogP contribution in [0.1, 0.15) is 22.3 Å². The van der Waals surface area contributed by atoms with E-state index in [4.69, 9.17) is 9.47 Å². The molecule has 0 amide bonds. The van der Waals surface area contributed by atoms with Crippen LogP contribution in [0.15, 0.2) is 67.0 Å². The minimum atomic E-state index is -0.247. The third-order valence-electron chi connectivity index (χ3n) is 4.98. The van der Waals surface area contributed by atoms with Crippen molar-refractivity contribution in [3.8, 4) is 5.75 Å². The number of halogens is 1. The van der Waals surface area contributed by atoms with Crippen LogP contribution in [0.25, 0.3) is 0 Å². The van der Waals surface area contributed by atoms with Crippen molar-refractivity contribution in [1.82, 2.24) is 9.88 Å². The lowest BCUT2D eigenvalue weighted by Crippen LogP contribution is -2.27. The second-order valence-corrected chi connectivity index (χ2v) is 7.28. The maximum absolute atomic E-state index is 13.8. The second kappa shape index (κ2) is 9.63. The predicted molar refractivity (Wildman–Crippen MR) is 110 cm³/mol. The highest BCUT2D eigenvalue weighted by Crippen LogP contribution is 2.24. The highest BCUT2D eigenvalue weighted by Gasteiger charge is 2.11. The van der Waals surface area contributed by atoms with E-state index in [1.165, 1.54) is 17.2 Å². The summed E-state index contributed by atoms with van der Waals surface area (Å²) in [5.41, 5.74) is 4.40. The van der Waals surface area contributed by atoms with E-state index < -0.39 is 0 Å². The molecule has 2 bridgehead atoms. The van der Waals surface area contributed by atoms with Crippen molar-refractivity contribution in [2.45, 2.75) is 19.5 Å². The Kier molecular flexibility index (Phi) is 6.49. The first kappa shape index (κ1) is 19.6. The lowest BCUT2D eigenvalue weighted by atomic mass is 10.0. The standard InChI is InChI=1S/C24H25FN2O2/c25-23-6-7-24-22(15-23)14-19-3-1-4-20(13-19)17-27(9-10-28-11-12-29-24)18-21-5-2-8-26-16-21/h1-8,13,15-16H,9-12,14,17-18H2. The molecule has 2 heterocycles. The molecule has 1 aliphatic heterocycles. The molecule has 0 radical (unpaired) electrons. The van der Waals surface area contributed by atoms with Crippen LogP contribution in [-0.2, 0) is 24.2 Å². The summed E-state index contributed by atoms with van der Waals surface area (Å²) in [4.78, 5) is 6.58. The zero-order valence-corrected chi connectivity index (χ0v) is 16.4. The summed E-state index contributed by atoms with van der Waals surface area (Å²) in [5.74, 6) is 0.471. The molecule has 0 atom stereocenters. The van der Waals surface area contributed by atoms with Crippen LogP contribution >= 0.6 is 0 Å². The van der Waals surface area contributed by atoms with Crippen molar-refractivity contribution in [3.05, 3.63) is 95.1 Å². The molecular weight excluding hydrogens is 367 g/mol. The van der Waals surface area contributed by atoms with Gasteiger partial charge in [0.1, 0.15) is 18.2 Å². The predicted octanol–water partition coefficient (Wildman–Crippen LogP) is 4.22. The number of ether oxygens (including phenoxy) is 2. The van der Waals surface area contributed by atoms with Crippen molar-refractivity contribution in [2.75, 3.05) is 26.4 Å². The Bertz CT molecular complexity index is 933. The first-order valence-corrected chi connectivity index (χ1v) is 9.94. The Morgan fingerprint density at radius 2 is 1.90 bits per heavy atom. The molecule has 29 heavy (non-hydrogen) atoms. The van der Waals surface area contributed by atoms with Crippen molar-refractivity contribution >= 4 is 0 Å². The minimum Gasteiger partial charge on any atom is -0.491 e. The van der Waals surface area contributed by atoms with Gasteiger partial charge < -0.3 is 9.47 Å². The van der Waals surface area contributed by atoms with Crippen molar-refractivity contribution in [1.29, 1.82) is 0 Å². The van der Waals surface area contributed by atoms with E-state index in [1.54, 1.807) is 18.3 Å². The van der Waals surface area contributed by atoms with E-state index in [0.717, 1.165) is 36.5 Å². The van der Waals surface area contributed by atoms with Gasteiger partial charge in [-0.15, -0.1) is 0 Å². The Morgan fingerprint density at radius 1 is 0.966 bits per heavy atom. The van der Waals surface area contributed by atoms with Gasteiger partial charge in [-0.05, 0) is 41.0 Å². The number of pyridine rings is 1. The number of fused-ring (bicyclic) bond motifs is 3. The molecule has 1 aliphatic rings. The summed E-state index contributed by atoms with van der Waals surface area (Å²) in [6.07, 6.45) is 4.33. The average Bonchev–Trinajstić information content (AvgIpc) is 2.72. The summed E-state index contributed by atoms with van der Waals surface area (Å²) in [6.45, 7) is 4.02. The van der Waals surface area contributed by atoms with Crippen LogP contribution in [0.5, 0.6) is 5.75 Å². The van der Waals surface area contributed by atoms with Crippen LogP contribution in [0, 0.1) is 5.82 Å². The van der Waals surface area contributed by atoms with Gasteiger partial charge in [-0.25, -0.2) is 4.39 Å². The lowest BCUT2D eigenvalue weighted by molar-refractivity contribution is 0.0757. The molecule has 0 aliphatic carbocycles. The smallest absolute Gasteiger partial charge is 0.123 e. The van der Waals surface area contributed by atoms with Gasteiger partial charge in [0.25, 0.3) is 0 Å². The van der Waals surface area contributed by atoms with Crippen molar-refractivity contribution in [2.24, 2.45) is 0 Å². The first-order chi connectivity index (χ1) is 14.3. The molecule has 150 valence electrons. The SMILES string of the molecule is Fc1ccc2c(c1)Cc1cccc(c1)CN(Cc1cccnc1)CCOCCO2. The van der Waals surface area contributed by atoms with Gasteiger partial charge in [-0.3, -0.25) is 9.88 Å². The van der Waals surface area contributed by atoms with Crippen LogP contribution < -0.4 is 4.74 Å². The molecular formula is C24H25FN2O2. The normalized spacial score (nSPS) is 15.8. The monoisotopic (exact) mass is 392 g/mol. The van der Waals surface area contributed by atoms with Crippen molar-refractivity contribution < 1.29 is 13.9 Å². The molecule has 3 aromatic rings. The molecule has 0 N–H and O–H groups in total. The number of aromatic nitrogens is 1. The Hall–Kier alpha value is -2.76. The highest BCUT2D eigenvalue weighted by molar-refractivity contribution is 5.39. The zero-order valence-electron chi connectivity index (χ0n) is 16.4. The van der Waals surface area contributed by atoms with Crippen LogP contribution in [0.2, 0.25) is 0 Å². The minimum absolute atomic E-state index is 0.247. The third kappa shape index (κ3) is 5.62. The zero-order chi connectivity index (χ0) is 19.9. The summed E-state index contributed by atoms with van der Waals surface area (Å²) < 4.78 is 25.5. The van der Waals surface area contributed by atoms with Gasteiger partial charge in [-0.2, -0.15) is 0 Å². The van der Waals surface area contributed by atoms with Gasteiger partial charge >= 0.3 is 0 Å². The Labute approximate surface area is 170 Å². The van der Waals surface area contributed by atoms with Gasteiger partial charge in [-0.1, -0.05) is 30.3 Å². The number of hydrogen-bond acceptors (Lipinski definition) is 4. The summed E-state index contributed by atoms with van der Waals surface area (Å²) in [6, 6.07) is 17.2. The summed E-state index contributed by atoms with van der Waals surface area (Å²) >= 11 is 0. The number of benzene rings is 2. The van der Waals surface area contributed by atoms with E-state index in [-0.39, 0.29) is 5.82 Å². The number of hydrogen-bond donors (Lipinski definition) is 0. The number of nitrogens with zero attached hydrogens (tertiary/aromatic N) is 2. The van der Waals surface area contributed by atoms with Crippen LogP contribution in [-0.4, -0.2) is 36.2 Å². The molecule has 0 saturated carbocycles. The van der Waals surface area contributed by atoms with E-state index in [9.17, 15) is 4.39 Å². The van der Waals surface area contributed by atoms with Gasteiger partial charge in [0.2, 0.25) is 0 Å². The molecule has 0 spiro atoms. The van der Waals surface area contributed by atoms with E-state index >= 15 is 0 Å². The summed E-state index contributed by atoms with van der Waals surface area (Å²) in [5, 5.41) is 0. The second-order valence-electron chi connectivity index (χ2n) is 7.28. The molecule has 1 aromatic heterocycles. The Balaban J connectivity index is 1.58. The maximum atomic E-state index is 13.8.